The molecule has 3 aliphatic heterocycles. The average Bonchev–Trinajstić information content (AvgIpc) is 3.30. The molecule has 1 aromatic heterocycles. The highest BCUT2D eigenvalue weighted by Gasteiger charge is 2.28. The SMILES string of the molecule is CC(C)CC(=O)N1CCc2nc(NC(=O)CC3=CSC4=NCCN34)sc2C1. The molecule has 1 N–H and O–H groups in total. The van der Waals surface area contributed by atoms with Gasteiger partial charge in [-0.15, -0.1) is 0 Å². The first kappa shape index (κ1) is 18.5. The van der Waals surface area contributed by atoms with Crippen molar-refractivity contribution in [1.82, 2.24) is 14.8 Å². The minimum Gasteiger partial charge on any atom is -0.337 e. The van der Waals surface area contributed by atoms with E-state index in [1.54, 1.807) is 11.8 Å². The average molecular weight is 406 g/mol. The van der Waals surface area contributed by atoms with E-state index in [0.717, 1.165) is 40.9 Å². The van der Waals surface area contributed by atoms with Crippen LogP contribution in [0.4, 0.5) is 5.13 Å². The number of anilines is 1. The maximum absolute atomic E-state index is 12.4. The summed E-state index contributed by atoms with van der Waals surface area (Å²) in [5.41, 5.74) is 2.01. The minimum atomic E-state index is -0.0613. The summed E-state index contributed by atoms with van der Waals surface area (Å²) in [5.74, 6) is 0.497. The maximum Gasteiger partial charge on any atom is 0.232 e. The molecule has 4 rings (SSSR count). The zero-order valence-corrected chi connectivity index (χ0v) is 17.2. The van der Waals surface area contributed by atoms with Crippen LogP contribution in [0.2, 0.25) is 0 Å². The Bertz CT molecular complexity index is 830. The van der Waals surface area contributed by atoms with Crippen LogP contribution in [0.1, 0.15) is 37.3 Å². The van der Waals surface area contributed by atoms with E-state index in [0.29, 0.717) is 37.0 Å². The molecule has 3 aliphatic rings. The first-order valence-corrected chi connectivity index (χ1v) is 10.9. The lowest BCUT2D eigenvalue weighted by molar-refractivity contribution is -0.132. The van der Waals surface area contributed by atoms with Crippen LogP contribution in [0.15, 0.2) is 16.1 Å². The smallest absolute Gasteiger partial charge is 0.232 e. The van der Waals surface area contributed by atoms with Crippen LogP contribution >= 0.6 is 23.1 Å². The van der Waals surface area contributed by atoms with Gasteiger partial charge in [0, 0.05) is 36.5 Å². The summed E-state index contributed by atoms with van der Waals surface area (Å²) in [6.45, 7) is 7.08. The highest BCUT2D eigenvalue weighted by atomic mass is 32.2. The van der Waals surface area contributed by atoms with Crippen molar-refractivity contribution >= 4 is 45.2 Å². The molecule has 27 heavy (non-hydrogen) atoms. The summed E-state index contributed by atoms with van der Waals surface area (Å²) in [5, 5.41) is 6.56. The molecule has 144 valence electrons. The number of nitrogens with one attached hydrogen (secondary N) is 1. The number of rotatable bonds is 5. The number of hydrogen-bond donors (Lipinski definition) is 1. The molecule has 7 nitrogen and oxygen atoms in total. The summed E-state index contributed by atoms with van der Waals surface area (Å²) in [7, 11) is 0. The monoisotopic (exact) mass is 405 g/mol. The zero-order chi connectivity index (χ0) is 19.0. The predicted molar refractivity (Wildman–Crippen MR) is 109 cm³/mol. The molecule has 0 atom stereocenters. The van der Waals surface area contributed by atoms with E-state index in [-0.39, 0.29) is 11.8 Å². The first-order chi connectivity index (χ1) is 13.0. The number of aliphatic imine (C=N–C) groups is 1. The second kappa shape index (κ2) is 7.63. The molecule has 0 fully saturated rings. The number of thiazole rings is 1. The third-order valence-corrected chi connectivity index (χ3v) is 6.65. The van der Waals surface area contributed by atoms with Crippen molar-refractivity contribution in [3.05, 3.63) is 21.7 Å². The Kier molecular flexibility index (Phi) is 5.23. The number of carbonyl (C=O) groups is 2. The van der Waals surface area contributed by atoms with Gasteiger partial charge in [0.2, 0.25) is 11.8 Å². The Balaban J connectivity index is 1.35. The Hall–Kier alpha value is -1.87. The third-order valence-electron chi connectivity index (χ3n) is 4.70. The van der Waals surface area contributed by atoms with Crippen LogP contribution in [-0.4, -0.2) is 51.4 Å². The van der Waals surface area contributed by atoms with Gasteiger partial charge in [-0.25, -0.2) is 4.98 Å². The van der Waals surface area contributed by atoms with Crippen LogP contribution < -0.4 is 5.32 Å². The Morgan fingerprint density at radius 3 is 3.00 bits per heavy atom. The quantitative estimate of drug-likeness (QED) is 0.815. The molecule has 1 aromatic rings. The molecule has 0 aliphatic carbocycles. The van der Waals surface area contributed by atoms with E-state index in [1.165, 1.54) is 11.3 Å². The standard InChI is InChI=1S/C18H23N5O2S2/c1-11(2)7-16(25)22-5-3-13-14(9-22)27-17(20-13)21-15(24)8-12-10-26-18-19-4-6-23(12)18/h10-11H,3-9H2,1-2H3,(H,20,21,24). The second-order valence-corrected chi connectivity index (χ2v) is 9.24. The molecule has 0 spiro atoms. The van der Waals surface area contributed by atoms with Crippen molar-refractivity contribution < 1.29 is 9.59 Å². The van der Waals surface area contributed by atoms with Crippen molar-refractivity contribution in [3.63, 3.8) is 0 Å². The molecule has 4 heterocycles. The van der Waals surface area contributed by atoms with Gasteiger partial charge in [0.15, 0.2) is 10.3 Å². The highest BCUT2D eigenvalue weighted by molar-refractivity contribution is 8.16. The number of thioether (sulfide) groups is 1. The van der Waals surface area contributed by atoms with Crippen LogP contribution in [0.25, 0.3) is 0 Å². The molecule has 0 saturated carbocycles. The molecule has 0 saturated heterocycles. The van der Waals surface area contributed by atoms with Crippen LogP contribution in [0, 0.1) is 5.92 Å². The highest BCUT2D eigenvalue weighted by Crippen LogP contribution is 2.32. The van der Waals surface area contributed by atoms with Crippen LogP contribution in [-0.2, 0) is 22.6 Å². The maximum atomic E-state index is 12.4. The van der Waals surface area contributed by atoms with Gasteiger partial charge >= 0.3 is 0 Å². The van der Waals surface area contributed by atoms with Crippen molar-refractivity contribution in [2.75, 3.05) is 25.0 Å². The van der Waals surface area contributed by atoms with Crippen LogP contribution in [0.5, 0.6) is 0 Å². The fraction of sp³-hybridized carbons (Fsp3) is 0.556. The summed E-state index contributed by atoms with van der Waals surface area (Å²) >= 11 is 3.06. The van der Waals surface area contributed by atoms with Gasteiger partial charge in [-0.2, -0.15) is 0 Å². The van der Waals surface area contributed by atoms with Gasteiger partial charge in [-0.05, 0) is 11.3 Å². The van der Waals surface area contributed by atoms with E-state index in [9.17, 15) is 9.59 Å². The largest absolute Gasteiger partial charge is 0.337 e. The number of amidine groups is 1. The summed E-state index contributed by atoms with van der Waals surface area (Å²) in [6, 6.07) is 0. The van der Waals surface area contributed by atoms with Gasteiger partial charge in [-0.3, -0.25) is 14.6 Å². The lowest BCUT2D eigenvalue weighted by Crippen LogP contribution is -2.36. The molecule has 0 bridgehead atoms. The van der Waals surface area contributed by atoms with Gasteiger partial charge in [0.25, 0.3) is 0 Å². The topological polar surface area (TPSA) is 77.9 Å². The molecule has 9 heteroatoms. The Morgan fingerprint density at radius 1 is 1.33 bits per heavy atom. The van der Waals surface area contributed by atoms with E-state index >= 15 is 0 Å². The van der Waals surface area contributed by atoms with Gasteiger partial charge in [-0.1, -0.05) is 36.9 Å². The van der Waals surface area contributed by atoms with Crippen LogP contribution in [0.3, 0.4) is 0 Å². The molecular weight excluding hydrogens is 382 g/mol. The third kappa shape index (κ3) is 4.03. The molecular formula is C18H23N5O2S2. The number of nitrogens with zero attached hydrogens (tertiary/aromatic N) is 4. The van der Waals surface area contributed by atoms with E-state index < -0.39 is 0 Å². The Morgan fingerprint density at radius 2 is 2.19 bits per heavy atom. The molecule has 0 radical (unpaired) electrons. The van der Waals surface area contributed by atoms with Crippen molar-refractivity contribution in [3.8, 4) is 0 Å². The van der Waals surface area contributed by atoms with Crippen molar-refractivity contribution in [2.45, 2.75) is 39.7 Å². The summed E-state index contributed by atoms with van der Waals surface area (Å²) in [6.07, 6.45) is 1.66. The van der Waals surface area contributed by atoms with E-state index in [2.05, 4.69) is 34.0 Å². The summed E-state index contributed by atoms with van der Waals surface area (Å²) in [4.78, 5) is 38.8. The van der Waals surface area contributed by atoms with Gasteiger partial charge < -0.3 is 15.1 Å². The first-order valence-electron chi connectivity index (χ1n) is 9.23. The number of amides is 2. The van der Waals surface area contributed by atoms with Gasteiger partial charge in [0.05, 0.1) is 25.2 Å². The lowest BCUT2D eigenvalue weighted by Gasteiger charge is -2.26. The fourth-order valence-corrected chi connectivity index (χ4v) is 5.38. The Labute approximate surface area is 166 Å². The van der Waals surface area contributed by atoms with Crippen molar-refractivity contribution in [2.24, 2.45) is 10.9 Å². The summed E-state index contributed by atoms with van der Waals surface area (Å²) < 4.78 is 0. The number of aromatic nitrogens is 1. The normalized spacial score (nSPS) is 18.3. The molecule has 2 amide bonds. The molecule has 0 aromatic carbocycles. The number of fused-ring (bicyclic) bond motifs is 2. The van der Waals surface area contributed by atoms with Crippen molar-refractivity contribution in [1.29, 1.82) is 0 Å². The van der Waals surface area contributed by atoms with Gasteiger partial charge in [0.1, 0.15) is 0 Å². The van der Waals surface area contributed by atoms with E-state index in [4.69, 9.17) is 0 Å². The number of carbonyl (C=O) groups excluding carboxylic acids is 2. The zero-order valence-electron chi connectivity index (χ0n) is 15.5. The fourth-order valence-electron chi connectivity index (χ4n) is 3.38. The molecule has 0 unspecified atom stereocenters. The lowest BCUT2D eigenvalue weighted by atomic mass is 10.1. The predicted octanol–water partition coefficient (Wildman–Crippen LogP) is 2.66. The van der Waals surface area contributed by atoms with E-state index in [1.807, 2.05) is 10.3 Å². The second-order valence-electron chi connectivity index (χ2n) is 7.32. The minimum absolute atomic E-state index is 0.0613. The number of hydrogen-bond acceptors (Lipinski definition) is 7.